The molecule has 1 aliphatic heterocycles. The van der Waals surface area contributed by atoms with E-state index in [1.54, 1.807) is 6.20 Å². The second kappa shape index (κ2) is 5.77. The van der Waals surface area contributed by atoms with Gasteiger partial charge in [-0.05, 0) is 24.2 Å². The van der Waals surface area contributed by atoms with E-state index >= 15 is 0 Å². The fraction of sp³-hybridized carbons (Fsp3) is 0.667. The van der Waals surface area contributed by atoms with Crippen molar-refractivity contribution in [1.82, 2.24) is 14.9 Å². The summed E-state index contributed by atoms with van der Waals surface area (Å²) in [7, 11) is 0. The molecule has 1 fully saturated rings. The Labute approximate surface area is 120 Å². The minimum Gasteiger partial charge on any atom is -0.382 e. The van der Waals surface area contributed by atoms with Crippen LogP contribution in [-0.2, 0) is 11.3 Å². The van der Waals surface area contributed by atoms with E-state index in [1.165, 1.54) is 6.20 Å². The van der Waals surface area contributed by atoms with E-state index in [0.717, 1.165) is 25.1 Å². The number of likely N-dealkylation sites (tertiary alicyclic amines) is 1. The molecule has 0 saturated carbocycles. The molecule has 2 heterocycles. The number of hydrogen-bond donors (Lipinski definition) is 1. The fourth-order valence-corrected chi connectivity index (χ4v) is 2.71. The minimum atomic E-state index is 0.218. The zero-order chi connectivity index (χ0) is 14.8. The fourth-order valence-electron chi connectivity index (χ4n) is 2.71. The van der Waals surface area contributed by atoms with Crippen LogP contribution >= 0.6 is 0 Å². The second-order valence-electron chi connectivity index (χ2n) is 6.64. The normalized spacial score (nSPS) is 20.9. The quantitative estimate of drug-likeness (QED) is 0.899. The van der Waals surface area contributed by atoms with Crippen molar-refractivity contribution in [3.05, 3.63) is 18.1 Å². The van der Waals surface area contributed by atoms with E-state index in [1.807, 2.05) is 4.90 Å². The number of anilines is 1. The lowest BCUT2D eigenvalue weighted by atomic mass is 9.77. The molecule has 5 nitrogen and oxygen atoms in total. The van der Waals surface area contributed by atoms with Gasteiger partial charge in [0.15, 0.2) is 0 Å². The molecular weight excluding hydrogens is 252 g/mol. The van der Waals surface area contributed by atoms with Crippen molar-refractivity contribution in [3.63, 3.8) is 0 Å². The first-order chi connectivity index (χ1) is 9.36. The Morgan fingerprint density at radius 2 is 2.05 bits per heavy atom. The van der Waals surface area contributed by atoms with Crippen LogP contribution in [0.3, 0.4) is 0 Å². The number of carbonyl (C=O) groups excluding carboxylic acids is 1. The molecule has 2 rings (SSSR count). The van der Waals surface area contributed by atoms with Crippen molar-refractivity contribution in [2.45, 2.75) is 46.6 Å². The van der Waals surface area contributed by atoms with Gasteiger partial charge in [0.1, 0.15) is 5.82 Å². The summed E-state index contributed by atoms with van der Waals surface area (Å²) in [5.41, 5.74) is 6.58. The Kier molecular flexibility index (Phi) is 4.26. The Balaban J connectivity index is 2.02. The summed E-state index contributed by atoms with van der Waals surface area (Å²) in [5, 5.41) is 0. The van der Waals surface area contributed by atoms with Crippen LogP contribution in [0.2, 0.25) is 0 Å². The highest BCUT2D eigenvalue weighted by Crippen LogP contribution is 2.34. The molecule has 1 aromatic rings. The topological polar surface area (TPSA) is 72.1 Å². The highest BCUT2D eigenvalue weighted by molar-refractivity contribution is 5.76. The summed E-state index contributed by atoms with van der Waals surface area (Å²) in [6.45, 7) is 8.09. The van der Waals surface area contributed by atoms with Gasteiger partial charge in [-0.2, -0.15) is 0 Å². The van der Waals surface area contributed by atoms with Gasteiger partial charge < -0.3 is 10.6 Å². The van der Waals surface area contributed by atoms with E-state index < -0.39 is 0 Å². The Morgan fingerprint density at radius 3 is 2.65 bits per heavy atom. The van der Waals surface area contributed by atoms with E-state index in [4.69, 9.17) is 5.73 Å². The lowest BCUT2D eigenvalue weighted by molar-refractivity contribution is -0.131. The number of carbonyl (C=O) groups is 1. The van der Waals surface area contributed by atoms with Crippen LogP contribution in [0.4, 0.5) is 5.82 Å². The van der Waals surface area contributed by atoms with Gasteiger partial charge >= 0.3 is 0 Å². The van der Waals surface area contributed by atoms with Crippen molar-refractivity contribution in [1.29, 1.82) is 0 Å². The molecule has 1 aliphatic rings. The highest BCUT2D eigenvalue weighted by atomic mass is 16.2. The van der Waals surface area contributed by atoms with Gasteiger partial charge in [-0.1, -0.05) is 20.8 Å². The first kappa shape index (κ1) is 14.8. The van der Waals surface area contributed by atoms with Gasteiger partial charge in [0, 0.05) is 13.0 Å². The standard InChI is InChI=1S/C15H24N4O/c1-15(2,3)11-4-5-14(20)19(7-6-11)10-12-8-18-13(16)9-17-12/h8-9,11H,4-7,10H2,1-3H3,(H2,16,18). The zero-order valence-corrected chi connectivity index (χ0v) is 12.6. The average molecular weight is 276 g/mol. The maximum absolute atomic E-state index is 12.2. The molecule has 1 amide bonds. The third-order valence-electron chi connectivity index (χ3n) is 4.11. The summed E-state index contributed by atoms with van der Waals surface area (Å²) in [6, 6.07) is 0. The molecule has 0 radical (unpaired) electrons. The first-order valence-corrected chi connectivity index (χ1v) is 7.20. The number of nitrogens with zero attached hydrogens (tertiary/aromatic N) is 3. The van der Waals surface area contributed by atoms with Crippen molar-refractivity contribution >= 4 is 11.7 Å². The summed E-state index contributed by atoms with van der Waals surface area (Å²) >= 11 is 0. The molecule has 1 unspecified atom stereocenters. The van der Waals surface area contributed by atoms with Crippen LogP contribution in [0.25, 0.3) is 0 Å². The van der Waals surface area contributed by atoms with Crippen LogP contribution < -0.4 is 5.73 Å². The van der Waals surface area contributed by atoms with Gasteiger partial charge in [-0.3, -0.25) is 9.78 Å². The molecule has 0 bridgehead atoms. The predicted molar refractivity (Wildman–Crippen MR) is 78.7 cm³/mol. The number of nitrogens with two attached hydrogens (primary N) is 1. The molecule has 2 N–H and O–H groups in total. The van der Waals surface area contributed by atoms with Crippen LogP contribution in [0, 0.1) is 11.3 Å². The van der Waals surface area contributed by atoms with E-state index in [-0.39, 0.29) is 11.3 Å². The third-order valence-corrected chi connectivity index (χ3v) is 4.11. The molecule has 0 aromatic carbocycles. The number of nitrogen functional groups attached to an aromatic ring is 1. The lowest BCUT2D eigenvalue weighted by Crippen LogP contribution is -2.30. The van der Waals surface area contributed by atoms with Crippen LogP contribution in [0.5, 0.6) is 0 Å². The molecule has 0 aliphatic carbocycles. The maximum atomic E-state index is 12.2. The summed E-state index contributed by atoms with van der Waals surface area (Å²) in [5.74, 6) is 1.22. The van der Waals surface area contributed by atoms with Gasteiger partial charge in [0.05, 0.1) is 24.6 Å². The summed E-state index contributed by atoms with van der Waals surface area (Å²) < 4.78 is 0. The molecule has 20 heavy (non-hydrogen) atoms. The van der Waals surface area contributed by atoms with Gasteiger partial charge in [-0.15, -0.1) is 0 Å². The largest absolute Gasteiger partial charge is 0.382 e. The molecule has 1 atom stereocenters. The van der Waals surface area contributed by atoms with Crippen LogP contribution in [-0.4, -0.2) is 27.3 Å². The van der Waals surface area contributed by atoms with Gasteiger partial charge in [0.2, 0.25) is 5.91 Å². The van der Waals surface area contributed by atoms with Gasteiger partial charge in [-0.25, -0.2) is 4.98 Å². The molecule has 0 spiro atoms. The number of hydrogen-bond acceptors (Lipinski definition) is 4. The van der Waals surface area contributed by atoms with E-state index in [0.29, 0.717) is 24.7 Å². The lowest BCUT2D eigenvalue weighted by Gasteiger charge is -2.29. The number of amides is 1. The number of rotatable bonds is 2. The van der Waals surface area contributed by atoms with E-state index in [9.17, 15) is 4.79 Å². The summed E-state index contributed by atoms with van der Waals surface area (Å²) in [4.78, 5) is 22.4. The number of aromatic nitrogens is 2. The summed E-state index contributed by atoms with van der Waals surface area (Å²) in [6.07, 6.45) is 5.85. The van der Waals surface area contributed by atoms with E-state index in [2.05, 4.69) is 30.7 Å². The molecule has 1 aromatic heterocycles. The third kappa shape index (κ3) is 3.68. The zero-order valence-electron chi connectivity index (χ0n) is 12.6. The Bertz CT molecular complexity index is 464. The first-order valence-electron chi connectivity index (χ1n) is 7.20. The maximum Gasteiger partial charge on any atom is 0.222 e. The average Bonchev–Trinajstić information content (AvgIpc) is 2.55. The van der Waals surface area contributed by atoms with Crippen LogP contribution in [0.15, 0.2) is 12.4 Å². The van der Waals surface area contributed by atoms with Crippen molar-refractivity contribution in [3.8, 4) is 0 Å². The molecule has 1 saturated heterocycles. The van der Waals surface area contributed by atoms with Crippen molar-refractivity contribution in [2.75, 3.05) is 12.3 Å². The Morgan fingerprint density at radius 1 is 1.30 bits per heavy atom. The molecule has 110 valence electrons. The van der Waals surface area contributed by atoms with Gasteiger partial charge in [0.25, 0.3) is 0 Å². The molecular formula is C15H24N4O. The van der Waals surface area contributed by atoms with Crippen LogP contribution in [0.1, 0.15) is 45.7 Å². The monoisotopic (exact) mass is 276 g/mol. The Hall–Kier alpha value is -1.65. The predicted octanol–water partition coefficient (Wildman–Crippen LogP) is 2.23. The SMILES string of the molecule is CC(C)(C)C1CCC(=O)N(Cc2cnc(N)cn2)CC1. The van der Waals surface area contributed by atoms with Crippen molar-refractivity contribution < 1.29 is 4.79 Å². The molecule has 5 heteroatoms. The van der Waals surface area contributed by atoms with Crippen molar-refractivity contribution in [2.24, 2.45) is 11.3 Å². The second-order valence-corrected chi connectivity index (χ2v) is 6.64. The minimum absolute atomic E-state index is 0.218. The smallest absolute Gasteiger partial charge is 0.222 e. The highest BCUT2D eigenvalue weighted by Gasteiger charge is 2.29.